The van der Waals surface area contributed by atoms with E-state index in [9.17, 15) is 0 Å². The van der Waals surface area contributed by atoms with Crippen molar-refractivity contribution < 1.29 is 0 Å². The molecule has 5 heteroatoms. The Hall–Kier alpha value is -1.07. The van der Waals surface area contributed by atoms with Gasteiger partial charge in [0.15, 0.2) is 0 Å². The first-order valence-corrected chi connectivity index (χ1v) is 7.59. The molecule has 3 rings (SSSR count). The highest BCUT2D eigenvalue weighted by Gasteiger charge is 2.26. The third-order valence-corrected chi connectivity index (χ3v) is 4.27. The Balaban J connectivity index is 1.68. The predicted molar refractivity (Wildman–Crippen MR) is 80.8 cm³/mol. The molecule has 0 bridgehead atoms. The van der Waals surface area contributed by atoms with Crippen LogP contribution in [0.5, 0.6) is 0 Å². The zero-order valence-corrected chi connectivity index (χ0v) is 12.7. The van der Waals surface area contributed by atoms with Crippen LogP contribution in [0.25, 0.3) is 0 Å². The standard InChI is InChI=1S/C14H19BrN4/c1-18(14-6-2-5-13(15)16-14)17-11-7-9-19-8-3-4-12(19)10-11/h2,5-6,10,12,17H,3-4,7-9H2,1H3. The van der Waals surface area contributed by atoms with E-state index in [1.807, 2.05) is 30.3 Å². The smallest absolute Gasteiger partial charge is 0.148 e. The van der Waals surface area contributed by atoms with Gasteiger partial charge in [-0.05, 0) is 53.5 Å². The third kappa shape index (κ3) is 2.92. The molecule has 1 aromatic rings. The van der Waals surface area contributed by atoms with Gasteiger partial charge in [-0.1, -0.05) is 6.07 Å². The normalized spacial score (nSPS) is 22.8. The summed E-state index contributed by atoms with van der Waals surface area (Å²) in [5, 5.41) is 1.99. The van der Waals surface area contributed by atoms with Crippen LogP contribution in [0.15, 0.2) is 34.6 Å². The van der Waals surface area contributed by atoms with Gasteiger partial charge in [-0.2, -0.15) is 0 Å². The van der Waals surface area contributed by atoms with Crippen molar-refractivity contribution in [3.8, 4) is 0 Å². The lowest BCUT2D eigenvalue weighted by Crippen LogP contribution is -2.40. The Kier molecular flexibility index (Phi) is 3.75. The van der Waals surface area contributed by atoms with Crippen molar-refractivity contribution in [1.29, 1.82) is 0 Å². The number of fused-ring (bicyclic) bond motifs is 1. The zero-order chi connectivity index (χ0) is 13.2. The number of hydrogen-bond acceptors (Lipinski definition) is 4. The molecule has 1 N–H and O–H groups in total. The summed E-state index contributed by atoms with van der Waals surface area (Å²) >= 11 is 3.41. The number of aromatic nitrogens is 1. The summed E-state index contributed by atoms with van der Waals surface area (Å²) in [5.74, 6) is 0.920. The van der Waals surface area contributed by atoms with Gasteiger partial charge in [-0.25, -0.2) is 4.98 Å². The molecule has 0 amide bonds. The average molecular weight is 323 g/mol. The van der Waals surface area contributed by atoms with Crippen molar-refractivity contribution in [3.63, 3.8) is 0 Å². The molecule has 102 valence electrons. The molecular weight excluding hydrogens is 304 g/mol. The van der Waals surface area contributed by atoms with Gasteiger partial charge in [0, 0.05) is 31.8 Å². The molecule has 0 aromatic carbocycles. The Morgan fingerprint density at radius 3 is 3.16 bits per heavy atom. The number of nitrogens with one attached hydrogen (secondary N) is 1. The molecular formula is C14H19BrN4. The number of anilines is 1. The first-order chi connectivity index (χ1) is 9.22. The van der Waals surface area contributed by atoms with Crippen LogP contribution in [-0.2, 0) is 0 Å². The van der Waals surface area contributed by atoms with Gasteiger partial charge >= 0.3 is 0 Å². The molecule has 19 heavy (non-hydrogen) atoms. The topological polar surface area (TPSA) is 31.4 Å². The summed E-state index contributed by atoms with van der Waals surface area (Å²) in [6, 6.07) is 6.58. The maximum atomic E-state index is 4.45. The number of pyridine rings is 1. The number of hydrazine groups is 1. The molecule has 1 atom stereocenters. The fraction of sp³-hybridized carbons (Fsp3) is 0.500. The lowest BCUT2D eigenvalue weighted by atomic mass is 10.1. The second-order valence-electron chi connectivity index (χ2n) is 5.18. The van der Waals surface area contributed by atoms with E-state index in [1.165, 1.54) is 31.6 Å². The van der Waals surface area contributed by atoms with Gasteiger partial charge in [0.1, 0.15) is 10.4 Å². The lowest BCUT2D eigenvalue weighted by molar-refractivity contribution is 0.274. The molecule has 4 nitrogen and oxygen atoms in total. The summed E-state index contributed by atoms with van der Waals surface area (Å²) in [5.41, 5.74) is 4.77. The van der Waals surface area contributed by atoms with Gasteiger partial charge in [0.05, 0.1) is 0 Å². The SMILES string of the molecule is CN(NC1=CC2CCCN2CC1)c1cccc(Br)n1. The number of nitrogens with zero attached hydrogens (tertiary/aromatic N) is 3. The van der Waals surface area contributed by atoms with Crippen LogP contribution >= 0.6 is 15.9 Å². The summed E-state index contributed by atoms with van der Waals surface area (Å²) in [7, 11) is 2.01. The maximum Gasteiger partial charge on any atom is 0.148 e. The Morgan fingerprint density at radius 1 is 1.42 bits per heavy atom. The Morgan fingerprint density at radius 2 is 2.32 bits per heavy atom. The predicted octanol–water partition coefficient (Wildman–Crippen LogP) is 2.54. The van der Waals surface area contributed by atoms with E-state index in [2.05, 4.69) is 37.3 Å². The van der Waals surface area contributed by atoms with E-state index in [4.69, 9.17) is 0 Å². The zero-order valence-electron chi connectivity index (χ0n) is 11.1. The van der Waals surface area contributed by atoms with Crippen molar-refractivity contribution in [2.24, 2.45) is 0 Å². The van der Waals surface area contributed by atoms with E-state index >= 15 is 0 Å². The van der Waals surface area contributed by atoms with Crippen molar-refractivity contribution in [2.45, 2.75) is 25.3 Å². The second kappa shape index (κ2) is 5.51. The van der Waals surface area contributed by atoms with Crippen molar-refractivity contribution in [2.75, 3.05) is 25.1 Å². The van der Waals surface area contributed by atoms with E-state index in [-0.39, 0.29) is 0 Å². The molecule has 1 aromatic heterocycles. The third-order valence-electron chi connectivity index (χ3n) is 3.83. The van der Waals surface area contributed by atoms with Crippen LogP contribution in [0.1, 0.15) is 19.3 Å². The molecule has 0 radical (unpaired) electrons. The maximum absolute atomic E-state index is 4.45. The number of halogens is 1. The molecule has 1 unspecified atom stereocenters. The molecule has 2 aliphatic rings. The summed E-state index contributed by atoms with van der Waals surface area (Å²) in [6.45, 7) is 2.43. The van der Waals surface area contributed by atoms with Crippen LogP contribution in [0.3, 0.4) is 0 Å². The Bertz CT molecular complexity index is 488. The first kappa shape index (κ1) is 12.9. The summed E-state index contributed by atoms with van der Waals surface area (Å²) in [4.78, 5) is 7.02. The van der Waals surface area contributed by atoms with Gasteiger partial charge in [0.2, 0.25) is 0 Å². The molecule has 0 aliphatic carbocycles. The van der Waals surface area contributed by atoms with Crippen molar-refractivity contribution in [3.05, 3.63) is 34.6 Å². The second-order valence-corrected chi connectivity index (χ2v) is 5.99. The average Bonchev–Trinajstić information content (AvgIpc) is 2.86. The highest BCUT2D eigenvalue weighted by molar-refractivity contribution is 9.10. The molecule has 3 heterocycles. The van der Waals surface area contributed by atoms with Crippen molar-refractivity contribution in [1.82, 2.24) is 15.3 Å². The highest BCUT2D eigenvalue weighted by atomic mass is 79.9. The van der Waals surface area contributed by atoms with Crippen LogP contribution in [0.2, 0.25) is 0 Å². The minimum Gasteiger partial charge on any atom is -0.302 e. The van der Waals surface area contributed by atoms with Crippen molar-refractivity contribution >= 4 is 21.7 Å². The molecule has 1 fully saturated rings. The highest BCUT2D eigenvalue weighted by Crippen LogP contribution is 2.24. The van der Waals surface area contributed by atoms with Gasteiger partial charge in [0.25, 0.3) is 0 Å². The fourth-order valence-electron chi connectivity index (χ4n) is 2.85. The van der Waals surface area contributed by atoms with E-state index in [1.54, 1.807) is 0 Å². The van der Waals surface area contributed by atoms with Gasteiger partial charge < -0.3 is 5.43 Å². The van der Waals surface area contributed by atoms with Crippen LogP contribution in [-0.4, -0.2) is 36.1 Å². The molecule has 1 saturated heterocycles. The van der Waals surface area contributed by atoms with Crippen LogP contribution < -0.4 is 10.4 Å². The first-order valence-electron chi connectivity index (χ1n) is 6.80. The molecule has 0 spiro atoms. The van der Waals surface area contributed by atoms with Crippen LogP contribution in [0, 0.1) is 0 Å². The van der Waals surface area contributed by atoms with E-state index in [0.717, 1.165) is 16.8 Å². The summed E-state index contributed by atoms with van der Waals surface area (Å²) < 4.78 is 0.859. The van der Waals surface area contributed by atoms with Gasteiger partial charge in [-0.15, -0.1) is 0 Å². The Labute approximate surface area is 122 Å². The van der Waals surface area contributed by atoms with Crippen LogP contribution in [0.4, 0.5) is 5.82 Å². The largest absolute Gasteiger partial charge is 0.302 e. The van der Waals surface area contributed by atoms with E-state index < -0.39 is 0 Å². The molecule has 2 aliphatic heterocycles. The fourth-order valence-corrected chi connectivity index (χ4v) is 3.18. The number of rotatable bonds is 3. The quantitative estimate of drug-likeness (QED) is 0.684. The summed E-state index contributed by atoms with van der Waals surface area (Å²) in [6.07, 6.45) is 6.10. The minimum absolute atomic E-state index is 0.639. The lowest BCUT2D eigenvalue weighted by Gasteiger charge is -2.31. The number of hydrogen-bond donors (Lipinski definition) is 1. The molecule has 0 saturated carbocycles. The van der Waals surface area contributed by atoms with Gasteiger partial charge in [-0.3, -0.25) is 9.91 Å². The van der Waals surface area contributed by atoms with E-state index in [0.29, 0.717) is 6.04 Å². The minimum atomic E-state index is 0.639. The monoisotopic (exact) mass is 322 g/mol.